The number of furan rings is 1. The molecule has 0 saturated heterocycles. The molecule has 0 spiro atoms. The summed E-state index contributed by atoms with van der Waals surface area (Å²) in [4.78, 5) is 35.6. The van der Waals surface area contributed by atoms with Crippen LogP contribution >= 0.6 is 0 Å². The van der Waals surface area contributed by atoms with Crippen LogP contribution in [-0.2, 0) is 9.53 Å². The normalized spacial score (nSPS) is 19.1. The van der Waals surface area contributed by atoms with Gasteiger partial charge in [-0.15, -0.1) is 0 Å². The maximum atomic E-state index is 12.2. The molecule has 0 unspecified atom stereocenters. The molecule has 148 valence electrons. The summed E-state index contributed by atoms with van der Waals surface area (Å²) in [5.74, 6) is -0.0317. The van der Waals surface area contributed by atoms with Crippen molar-refractivity contribution in [1.29, 1.82) is 0 Å². The van der Waals surface area contributed by atoms with Crippen molar-refractivity contribution in [2.75, 3.05) is 6.61 Å². The summed E-state index contributed by atoms with van der Waals surface area (Å²) in [5.41, 5.74) is 1.35. The van der Waals surface area contributed by atoms with E-state index in [1.807, 2.05) is 0 Å². The molecule has 1 heterocycles. The average molecular weight is 383 g/mol. The van der Waals surface area contributed by atoms with Gasteiger partial charge in [0.2, 0.25) is 5.76 Å². The van der Waals surface area contributed by atoms with Gasteiger partial charge in [-0.2, -0.15) is 0 Å². The Kier molecular flexibility index (Phi) is 6.29. The van der Waals surface area contributed by atoms with Crippen LogP contribution in [0, 0.1) is 5.92 Å². The van der Waals surface area contributed by atoms with Crippen molar-refractivity contribution in [3.05, 3.63) is 47.7 Å². The molecule has 1 N–H and O–H groups in total. The number of benzene rings is 1. The Labute approximate surface area is 164 Å². The lowest BCUT2D eigenvalue weighted by Gasteiger charge is -2.29. The van der Waals surface area contributed by atoms with E-state index in [1.54, 1.807) is 30.3 Å². The Morgan fingerprint density at radius 1 is 1.07 bits per heavy atom. The molecule has 0 radical (unpaired) electrons. The van der Waals surface area contributed by atoms with Crippen LogP contribution in [0.25, 0.3) is 11.3 Å². The van der Waals surface area contributed by atoms with Crippen molar-refractivity contribution < 1.29 is 23.5 Å². The predicted octanol–water partition coefficient (Wildman–Crippen LogP) is 4.00. The van der Waals surface area contributed by atoms with Gasteiger partial charge in [0, 0.05) is 17.2 Å². The number of carbonyl (C=O) groups excluding carboxylic acids is 3. The summed E-state index contributed by atoms with van der Waals surface area (Å²) in [5, 5.41) is 2.95. The zero-order chi connectivity index (χ0) is 20.1. The minimum atomic E-state index is -0.682. The predicted molar refractivity (Wildman–Crippen MR) is 104 cm³/mol. The molecular weight excluding hydrogens is 358 g/mol. The largest absolute Gasteiger partial charge is 0.450 e. The summed E-state index contributed by atoms with van der Waals surface area (Å²) in [6.45, 7) is 3.30. The molecule has 0 bridgehead atoms. The van der Waals surface area contributed by atoms with Gasteiger partial charge in [0.15, 0.2) is 12.4 Å². The number of Topliss-reactive ketones (excluding diaryl/α,β-unsaturated/α-hetero) is 1. The summed E-state index contributed by atoms with van der Waals surface area (Å²) in [7, 11) is 0. The highest BCUT2D eigenvalue weighted by atomic mass is 16.5. The molecule has 1 saturated carbocycles. The van der Waals surface area contributed by atoms with Crippen LogP contribution in [0.15, 0.2) is 40.8 Å². The zero-order valence-corrected chi connectivity index (χ0v) is 16.2. The van der Waals surface area contributed by atoms with Crippen molar-refractivity contribution in [2.45, 2.75) is 45.6 Å². The lowest BCUT2D eigenvalue weighted by molar-refractivity contribution is -0.125. The topological polar surface area (TPSA) is 85.6 Å². The number of hydrogen-bond donors (Lipinski definition) is 1. The Morgan fingerprint density at radius 3 is 2.46 bits per heavy atom. The number of amides is 1. The quantitative estimate of drug-likeness (QED) is 0.602. The van der Waals surface area contributed by atoms with Gasteiger partial charge < -0.3 is 14.5 Å². The van der Waals surface area contributed by atoms with Crippen molar-refractivity contribution in [1.82, 2.24) is 5.32 Å². The number of ketones is 1. The third kappa shape index (κ3) is 4.88. The average Bonchev–Trinajstić information content (AvgIpc) is 3.18. The molecule has 1 aliphatic rings. The second-order valence-electron chi connectivity index (χ2n) is 7.31. The van der Waals surface area contributed by atoms with Crippen LogP contribution in [0.1, 0.15) is 60.4 Å². The fraction of sp³-hybridized carbons (Fsp3) is 0.409. The van der Waals surface area contributed by atoms with Gasteiger partial charge in [-0.05, 0) is 37.8 Å². The first kappa shape index (κ1) is 19.9. The first-order chi connectivity index (χ1) is 13.4. The smallest absolute Gasteiger partial charge is 0.374 e. The van der Waals surface area contributed by atoms with Crippen molar-refractivity contribution in [3.8, 4) is 11.3 Å². The Bertz CT molecular complexity index is 852. The minimum Gasteiger partial charge on any atom is -0.450 e. The van der Waals surface area contributed by atoms with E-state index >= 15 is 0 Å². The number of esters is 1. The fourth-order valence-corrected chi connectivity index (χ4v) is 3.45. The van der Waals surface area contributed by atoms with Crippen LogP contribution < -0.4 is 5.32 Å². The van der Waals surface area contributed by atoms with E-state index < -0.39 is 5.97 Å². The van der Waals surface area contributed by atoms with Gasteiger partial charge in [-0.3, -0.25) is 9.59 Å². The molecule has 1 aromatic carbocycles. The second-order valence-corrected chi connectivity index (χ2v) is 7.31. The van der Waals surface area contributed by atoms with Crippen LogP contribution in [0.3, 0.4) is 0 Å². The minimum absolute atomic E-state index is 0.0174. The molecule has 3 rings (SSSR count). The Hall–Kier alpha value is -2.89. The highest BCUT2D eigenvalue weighted by molar-refractivity contribution is 5.94. The summed E-state index contributed by atoms with van der Waals surface area (Å²) >= 11 is 0. The van der Waals surface area contributed by atoms with Gasteiger partial charge in [0.05, 0.1) is 0 Å². The van der Waals surface area contributed by atoms with Crippen LogP contribution in [0.4, 0.5) is 0 Å². The molecule has 1 aromatic heterocycles. The standard InChI is InChI=1S/C22H25NO5/c1-14-5-3-4-6-18(14)23-21(25)13-27-22(26)20-12-11-19(28-20)17-9-7-16(8-10-17)15(2)24/h7-12,14,18H,3-6,13H2,1-2H3,(H,23,25)/t14-,18+/m1/s1. The highest BCUT2D eigenvalue weighted by Gasteiger charge is 2.23. The summed E-state index contributed by atoms with van der Waals surface area (Å²) in [6.07, 6.45) is 4.37. The lowest BCUT2D eigenvalue weighted by Crippen LogP contribution is -2.42. The van der Waals surface area contributed by atoms with E-state index in [-0.39, 0.29) is 30.1 Å². The lowest BCUT2D eigenvalue weighted by atomic mass is 9.86. The van der Waals surface area contributed by atoms with Crippen molar-refractivity contribution in [2.24, 2.45) is 5.92 Å². The van der Waals surface area contributed by atoms with E-state index in [4.69, 9.17) is 9.15 Å². The van der Waals surface area contributed by atoms with E-state index in [2.05, 4.69) is 12.2 Å². The van der Waals surface area contributed by atoms with Gasteiger partial charge in [0.25, 0.3) is 5.91 Å². The SMILES string of the molecule is CC(=O)c1ccc(-c2ccc(C(=O)OCC(=O)N[C@H]3CCCC[C@H]3C)o2)cc1. The van der Waals surface area contributed by atoms with E-state index in [0.29, 0.717) is 17.2 Å². The van der Waals surface area contributed by atoms with Gasteiger partial charge in [0.1, 0.15) is 5.76 Å². The third-order valence-corrected chi connectivity index (χ3v) is 5.18. The zero-order valence-electron chi connectivity index (χ0n) is 16.2. The maximum absolute atomic E-state index is 12.2. The fourth-order valence-electron chi connectivity index (χ4n) is 3.45. The van der Waals surface area contributed by atoms with Crippen LogP contribution in [-0.4, -0.2) is 30.3 Å². The second kappa shape index (κ2) is 8.87. The summed E-state index contributed by atoms with van der Waals surface area (Å²) in [6, 6.07) is 10.2. The van der Waals surface area contributed by atoms with Gasteiger partial charge >= 0.3 is 5.97 Å². The third-order valence-electron chi connectivity index (χ3n) is 5.18. The molecule has 6 nitrogen and oxygen atoms in total. The Morgan fingerprint density at radius 2 is 1.79 bits per heavy atom. The first-order valence-corrected chi connectivity index (χ1v) is 9.61. The van der Waals surface area contributed by atoms with E-state index in [0.717, 1.165) is 24.8 Å². The number of hydrogen-bond acceptors (Lipinski definition) is 5. The Balaban J connectivity index is 1.53. The van der Waals surface area contributed by atoms with Crippen LogP contribution in [0.5, 0.6) is 0 Å². The molecule has 28 heavy (non-hydrogen) atoms. The van der Waals surface area contributed by atoms with Gasteiger partial charge in [-0.1, -0.05) is 44.0 Å². The molecule has 6 heteroatoms. The molecule has 1 aliphatic carbocycles. The number of rotatable bonds is 6. The molecule has 1 fully saturated rings. The number of nitrogens with one attached hydrogen (secondary N) is 1. The highest BCUT2D eigenvalue weighted by Crippen LogP contribution is 2.24. The molecule has 2 aromatic rings. The summed E-state index contributed by atoms with van der Waals surface area (Å²) < 4.78 is 10.6. The van der Waals surface area contributed by atoms with Gasteiger partial charge in [-0.25, -0.2) is 4.79 Å². The van der Waals surface area contributed by atoms with Crippen molar-refractivity contribution in [3.63, 3.8) is 0 Å². The first-order valence-electron chi connectivity index (χ1n) is 9.61. The molecule has 2 atom stereocenters. The maximum Gasteiger partial charge on any atom is 0.374 e. The molecule has 1 amide bonds. The number of ether oxygens (including phenoxy) is 1. The van der Waals surface area contributed by atoms with E-state index in [1.165, 1.54) is 19.4 Å². The number of carbonyl (C=O) groups is 3. The van der Waals surface area contributed by atoms with Crippen LogP contribution in [0.2, 0.25) is 0 Å². The van der Waals surface area contributed by atoms with E-state index in [9.17, 15) is 14.4 Å². The van der Waals surface area contributed by atoms with Crippen molar-refractivity contribution >= 4 is 17.7 Å². The monoisotopic (exact) mass is 383 g/mol. The molecular formula is C22H25NO5. The molecule has 0 aliphatic heterocycles.